The van der Waals surface area contributed by atoms with Crippen LogP contribution >= 0.6 is 15.9 Å². The maximum Gasteiger partial charge on any atom is 0.336 e. The van der Waals surface area contributed by atoms with Gasteiger partial charge in [0.2, 0.25) is 0 Å². The molecule has 1 N–H and O–H groups in total. The first-order valence-electron chi connectivity index (χ1n) is 10.5. The highest BCUT2D eigenvalue weighted by atomic mass is 79.9. The summed E-state index contributed by atoms with van der Waals surface area (Å²) in [5.74, 6) is -0.870. The van der Waals surface area contributed by atoms with E-state index in [1.54, 1.807) is 0 Å². The summed E-state index contributed by atoms with van der Waals surface area (Å²) in [6.45, 7) is 6.07. The zero-order valence-electron chi connectivity index (χ0n) is 17.3. The van der Waals surface area contributed by atoms with Crippen LogP contribution in [0.15, 0.2) is 51.8 Å². The predicted molar refractivity (Wildman–Crippen MR) is 116 cm³/mol. The molecule has 0 saturated heterocycles. The number of halogens is 1. The van der Waals surface area contributed by atoms with Crippen LogP contribution in [-0.4, -0.2) is 17.9 Å². The van der Waals surface area contributed by atoms with Crippen LogP contribution in [0.3, 0.4) is 0 Å². The Morgan fingerprint density at radius 3 is 2.55 bits per heavy atom. The average Bonchev–Trinajstić information content (AvgIpc) is 3.12. The van der Waals surface area contributed by atoms with Crippen molar-refractivity contribution in [2.24, 2.45) is 11.3 Å². The van der Waals surface area contributed by atoms with Gasteiger partial charge in [0.25, 0.3) is 0 Å². The molecular weight excluding hydrogens is 430 g/mol. The smallest absolute Gasteiger partial charge is 0.336 e. The number of ketones is 1. The van der Waals surface area contributed by atoms with Crippen molar-refractivity contribution < 1.29 is 14.3 Å². The molecule has 0 aromatic heterocycles. The maximum atomic E-state index is 13.3. The van der Waals surface area contributed by atoms with Gasteiger partial charge in [0.1, 0.15) is 11.9 Å². The third-order valence-electron chi connectivity index (χ3n) is 6.27. The molecule has 1 heterocycles. The zero-order chi connectivity index (χ0) is 20.8. The Labute approximate surface area is 180 Å². The molecule has 0 amide bonds. The number of esters is 1. The summed E-state index contributed by atoms with van der Waals surface area (Å²) in [6, 6.07) is 7.87. The van der Waals surface area contributed by atoms with Crippen molar-refractivity contribution in [2.45, 2.75) is 64.9 Å². The Hall–Kier alpha value is -1.88. The summed E-state index contributed by atoms with van der Waals surface area (Å²) in [5, 5.41) is 3.38. The fourth-order valence-corrected chi connectivity index (χ4v) is 5.55. The van der Waals surface area contributed by atoms with E-state index in [2.05, 4.69) is 41.2 Å². The first-order valence-corrected chi connectivity index (χ1v) is 11.2. The van der Waals surface area contributed by atoms with E-state index in [9.17, 15) is 9.59 Å². The van der Waals surface area contributed by atoms with Gasteiger partial charge >= 0.3 is 5.97 Å². The number of carbonyl (C=O) groups is 2. The largest absolute Gasteiger partial charge is 0.459 e. The number of carbonyl (C=O) groups excluding carboxylic acids is 2. The van der Waals surface area contributed by atoms with Crippen molar-refractivity contribution >= 4 is 27.7 Å². The molecule has 1 fully saturated rings. The number of allylic oxidation sites excluding steroid dienone is 3. The van der Waals surface area contributed by atoms with E-state index in [1.165, 1.54) is 0 Å². The van der Waals surface area contributed by atoms with E-state index >= 15 is 0 Å². The minimum atomic E-state index is -0.392. The standard InChI is InChI=1S/C24H28BrNO3/c1-14-20(23(28)29-15-8-4-5-9-15)21(16-10-6-7-11-17(16)25)22-18(26-14)12-24(2,3)13-19(22)27/h6-7,10-12,15,21-22,26H,4-5,8-9,13H2,1-3H3. The normalized spacial score (nSPS) is 26.6. The van der Waals surface area contributed by atoms with E-state index < -0.39 is 5.92 Å². The number of Topliss-reactive ketones (excluding diaryl/α,β-unsaturated/α-hetero) is 1. The summed E-state index contributed by atoms with van der Waals surface area (Å²) in [5.41, 5.74) is 3.02. The van der Waals surface area contributed by atoms with Gasteiger partial charge in [0.05, 0.1) is 11.5 Å². The first kappa shape index (κ1) is 20.4. The van der Waals surface area contributed by atoms with Crippen LogP contribution in [0.5, 0.6) is 0 Å². The Morgan fingerprint density at radius 2 is 1.86 bits per heavy atom. The Kier molecular flexibility index (Phi) is 5.45. The molecule has 1 aliphatic heterocycles. The van der Waals surface area contributed by atoms with E-state index in [0.29, 0.717) is 12.0 Å². The van der Waals surface area contributed by atoms with E-state index in [-0.39, 0.29) is 29.2 Å². The Morgan fingerprint density at radius 1 is 1.17 bits per heavy atom. The molecule has 0 spiro atoms. The fraction of sp³-hybridized carbons (Fsp3) is 0.500. The van der Waals surface area contributed by atoms with Gasteiger partial charge in [0, 0.05) is 28.2 Å². The lowest BCUT2D eigenvalue weighted by molar-refractivity contribution is -0.144. The van der Waals surface area contributed by atoms with E-state index in [1.807, 2.05) is 31.2 Å². The summed E-state index contributed by atoms with van der Waals surface area (Å²) < 4.78 is 6.79. The topological polar surface area (TPSA) is 55.4 Å². The van der Waals surface area contributed by atoms with Crippen LogP contribution < -0.4 is 5.32 Å². The van der Waals surface area contributed by atoms with Crippen molar-refractivity contribution in [3.8, 4) is 0 Å². The second kappa shape index (κ2) is 7.75. The molecule has 1 saturated carbocycles. The van der Waals surface area contributed by atoms with Crippen LogP contribution in [0.25, 0.3) is 0 Å². The van der Waals surface area contributed by atoms with Crippen LogP contribution in [0, 0.1) is 11.3 Å². The molecule has 2 atom stereocenters. The summed E-state index contributed by atoms with van der Waals surface area (Å²) >= 11 is 3.65. The third kappa shape index (κ3) is 3.94. The van der Waals surface area contributed by atoms with Crippen molar-refractivity contribution in [3.05, 3.63) is 57.3 Å². The molecule has 4 rings (SSSR count). The number of nitrogens with one attached hydrogen (secondary N) is 1. The molecule has 2 aliphatic carbocycles. The molecule has 5 heteroatoms. The van der Waals surface area contributed by atoms with E-state index in [0.717, 1.165) is 47.1 Å². The van der Waals surface area contributed by atoms with Crippen LogP contribution in [0.4, 0.5) is 0 Å². The number of fused-ring (bicyclic) bond motifs is 1. The molecule has 1 aromatic carbocycles. The SMILES string of the molecule is CC1=C(C(=O)OC2CCCC2)C(c2ccccc2Br)C2C(=O)CC(C)(C)C=C2N1. The Balaban J connectivity index is 1.82. The summed E-state index contributed by atoms with van der Waals surface area (Å²) in [6.07, 6.45) is 6.66. The minimum Gasteiger partial charge on any atom is -0.459 e. The molecule has 3 aliphatic rings. The van der Waals surface area contributed by atoms with Crippen LogP contribution in [-0.2, 0) is 14.3 Å². The van der Waals surface area contributed by atoms with Gasteiger partial charge in [0.15, 0.2) is 0 Å². The van der Waals surface area contributed by atoms with Gasteiger partial charge < -0.3 is 10.1 Å². The Bertz CT molecular complexity index is 908. The second-order valence-corrected chi connectivity index (χ2v) is 10.0. The van der Waals surface area contributed by atoms with Crippen LogP contribution in [0.2, 0.25) is 0 Å². The highest BCUT2D eigenvalue weighted by molar-refractivity contribution is 9.10. The summed E-state index contributed by atoms with van der Waals surface area (Å²) in [4.78, 5) is 26.6. The van der Waals surface area contributed by atoms with Gasteiger partial charge in [-0.2, -0.15) is 0 Å². The van der Waals surface area contributed by atoms with Crippen molar-refractivity contribution in [1.29, 1.82) is 0 Å². The van der Waals surface area contributed by atoms with Gasteiger partial charge in [-0.05, 0) is 49.7 Å². The second-order valence-electron chi connectivity index (χ2n) is 9.18. The number of ether oxygens (including phenoxy) is 1. The molecule has 1 aromatic rings. The number of benzene rings is 1. The number of rotatable bonds is 3. The van der Waals surface area contributed by atoms with E-state index in [4.69, 9.17) is 4.74 Å². The number of hydrogen-bond donors (Lipinski definition) is 1. The van der Waals surface area contributed by atoms with Gasteiger partial charge in [-0.1, -0.05) is 54.1 Å². The monoisotopic (exact) mass is 457 g/mol. The molecule has 154 valence electrons. The fourth-order valence-electron chi connectivity index (χ4n) is 5.02. The average molecular weight is 458 g/mol. The molecule has 0 bridgehead atoms. The first-order chi connectivity index (χ1) is 13.8. The third-order valence-corrected chi connectivity index (χ3v) is 7.00. The van der Waals surface area contributed by atoms with Gasteiger partial charge in [-0.15, -0.1) is 0 Å². The predicted octanol–water partition coefficient (Wildman–Crippen LogP) is 5.39. The highest BCUT2D eigenvalue weighted by Gasteiger charge is 2.47. The lowest BCUT2D eigenvalue weighted by atomic mass is 9.66. The highest BCUT2D eigenvalue weighted by Crippen LogP contribution is 2.48. The molecule has 0 radical (unpaired) electrons. The lowest BCUT2D eigenvalue weighted by Gasteiger charge is -2.41. The molecule has 2 unspecified atom stereocenters. The quantitative estimate of drug-likeness (QED) is 0.617. The van der Waals surface area contributed by atoms with Crippen molar-refractivity contribution in [2.75, 3.05) is 0 Å². The zero-order valence-corrected chi connectivity index (χ0v) is 18.8. The molecule has 29 heavy (non-hydrogen) atoms. The maximum absolute atomic E-state index is 13.3. The van der Waals surface area contributed by atoms with Gasteiger partial charge in [-0.25, -0.2) is 4.79 Å². The van der Waals surface area contributed by atoms with Gasteiger partial charge in [-0.3, -0.25) is 4.79 Å². The minimum absolute atomic E-state index is 0.0133. The number of hydrogen-bond acceptors (Lipinski definition) is 4. The van der Waals surface area contributed by atoms with Crippen molar-refractivity contribution in [1.82, 2.24) is 5.32 Å². The van der Waals surface area contributed by atoms with Crippen molar-refractivity contribution in [3.63, 3.8) is 0 Å². The molecular formula is C24H28BrNO3. The van der Waals surface area contributed by atoms with Crippen LogP contribution in [0.1, 0.15) is 64.4 Å². The lowest BCUT2D eigenvalue weighted by Crippen LogP contribution is -2.44. The summed E-state index contributed by atoms with van der Waals surface area (Å²) in [7, 11) is 0. The molecule has 4 nitrogen and oxygen atoms in total.